The third-order valence-electron chi connectivity index (χ3n) is 4.02. The van der Waals surface area contributed by atoms with Crippen LogP contribution in [0.3, 0.4) is 0 Å². The van der Waals surface area contributed by atoms with Gasteiger partial charge in [-0.3, -0.25) is 0 Å². The molecule has 0 radical (unpaired) electrons. The van der Waals surface area contributed by atoms with Crippen molar-refractivity contribution >= 4 is 109 Å². The van der Waals surface area contributed by atoms with Crippen LogP contribution in [-0.4, -0.2) is 262 Å². The molecule has 0 spiro atoms. The zero-order valence-corrected chi connectivity index (χ0v) is 47.6. The second-order valence-corrected chi connectivity index (χ2v) is 15.6. The molecule has 0 aliphatic heterocycles. The van der Waals surface area contributed by atoms with E-state index in [1.807, 2.05) is 0 Å². The Morgan fingerprint density at radius 2 is 0.343 bits per heavy atom. The van der Waals surface area contributed by atoms with Gasteiger partial charge < -0.3 is 105 Å². The molecule has 0 atom stereocenters. The van der Waals surface area contributed by atoms with Crippen molar-refractivity contribution < 1.29 is 183 Å². The van der Waals surface area contributed by atoms with Crippen molar-refractivity contribution in [2.75, 3.05) is 137 Å². The Kier molecular flexibility index (Phi) is 92.6. The van der Waals surface area contributed by atoms with Crippen LogP contribution in [0.4, 0.5) is 52.7 Å². The van der Waals surface area contributed by atoms with Crippen LogP contribution in [0.5, 0.6) is 0 Å². The van der Waals surface area contributed by atoms with Crippen LogP contribution in [0, 0.1) is 0 Å². The molecule has 0 unspecified atom stereocenters. The monoisotopic (exact) mass is 1220 g/mol. The maximum Gasteiger partial charge on any atom is 2.00 e. The first-order valence-corrected chi connectivity index (χ1v) is 20.4. The van der Waals surface area contributed by atoms with Gasteiger partial charge in [-0.05, 0) is 0 Å². The summed E-state index contributed by atoms with van der Waals surface area (Å²) in [5.41, 5.74) is -24.8. The Morgan fingerprint density at radius 1 is 0.269 bits per heavy atom. The van der Waals surface area contributed by atoms with Crippen molar-refractivity contribution in [2.45, 2.75) is 22.0 Å². The smallest absolute Gasteiger partial charge is 1.00 e. The van der Waals surface area contributed by atoms with Crippen LogP contribution in [0.1, 0.15) is 0 Å². The van der Waals surface area contributed by atoms with Crippen LogP contribution in [-0.2, 0) is 87.5 Å². The number of alkyl halides is 12. The van der Waals surface area contributed by atoms with E-state index in [-0.39, 0.29) is 119 Å². The summed E-state index contributed by atoms with van der Waals surface area (Å²) in [7, 11) is -10.4. The second kappa shape index (κ2) is 58.8. The molecule has 20 nitrogen and oxygen atoms in total. The third kappa shape index (κ3) is 70.0. The van der Waals surface area contributed by atoms with E-state index in [1.165, 1.54) is 0 Å². The summed E-state index contributed by atoms with van der Waals surface area (Å²) >= 11 is 0. The summed E-state index contributed by atoms with van der Waals surface area (Å²) in [4.78, 5) is 0. The Labute approximate surface area is 456 Å². The first kappa shape index (κ1) is 105. The number of halogens is 16. The second-order valence-electron chi connectivity index (χ2n) is 8.76. The normalized spacial score (nSPS) is 10.9. The zero-order valence-electron chi connectivity index (χ0n) is 37.1. The van der Waals surface area contributed by atoms with Crippen molar-refractivity contribution in [3.63, 3.8) is 0 Å². The maximum atomic E-state index is 11.4. The van der Waals surface area contributed by atoms with E-state index >= 15 is 0 Å². The molecule has 0 amide bonds. The van der Waals surface area contributed by atoms with Crippen LogP contribution < -0.4 is 49.6 Å². The fraction of sp³-hybridized carbons (Fsp3) is 1.00. The molecule has 0 aromatic heterocycles. The summed E-state index contributed by atoms with van der Waals surface area (Å²) in [5.74, 6) is 0. The van der Waals surface area contributed by atoms with Crippen molar-refractivity contribution in [2.24, 2.45) is 0 Å². The van der Waals surface area contributed by atoms with Gasteiger partial charge in [-0.2, -0.15) is 52.7 Å². The van der Waals surface area contributed by atoms with E-state index in [0.29, 0.717) is 66.1 Å². The number of nitrogens with zero attached hydrogens (tertiary/aromatic N) is 2. The maximum absolute atomic E-state index is 11.4. The van der Waals surface area contributed by atoms with E-state index < -0.39 is 62.1 Å². The van der Waals surface area contributed by atoms with Gasteiger partial charge in [-0.1, -0.05) is 0 Å². The van der Waals surface area contributed by atoms with Crippen molar-refractivity contribution in [1.29, 1.82) is 0 Å². The molecule has 0 saturated carbocycles. The van der Waals surface area contributed by atoms with Gasteiger partial charge in [0.1, 0.15) is 0 Å². The van der Waals surface area contributed by atoms with Gasteiger partial charge in [-0.25, -0.2) is 33.7 Å². The van der Waals surface area contributed by atoms with Crippen LogP contribution in [0.2, 0.25) is 0 Å². The third-order valence-corrected chi connectivity index (χ3v) is 9.50. The van der Waals surface area contributed by atoms with Gasteiger partial charge in [0.25, 0.3) is 0 Å². The fourth-order valence-electron chi connectivity index (χ4n) is 1.26. The van der Waals surface area contributed by atoms with E-state index in [1.54, 1.807) is 71.1 Å². The molecule has 0 heterocycles. The Balaban J connectivity index is -0.0000000419. The largest absolute Gasteiger partial charge is 2.00 e. The Bertz CT molecular complexity index is 1200. The SMILES string of the molecule is COCCOC.COCCOC.COCCOC.COCCOC.COCCOC.O=S(=O)([N-]S(=O)(=O)C(F)(F)F)C(F)(F)F.O=S(=O)([N-]S(=O)(=O)C(F)(F)F)C(F)(F)F.[Cl-].[Cl-].[Cl-].[Cl-].[Mg+2].[Mg+2].[Mg+2]. The van der Waals surface area contributed by atoms with Gasteiger partial charge in [0, 0.05) is 71.1 Å². The first-order chi connectivity index (χ1) is 27.0. The van der Waals surface area contributed by atoms with Gasteiger partial charge in [0.15, 0.2) is 40.1 Å². The van der Waals surface area contributed by atoms with Crippen molar-refractivity contribution in [3.05, 3.63) is 8.25 Å². The van der Waals surface area contributed by atoms with Gasteiger partial charge >= 0.3 is 91.2 Å². The minimum Gasteiger partial charge on any atom is -1.00 e. The van der Waals surface area contributed by atoms with E-state index in [9.17, 15) is 86.4 Å². The summed E-state index contributed by atoms with van der Waals surface area (Å²) in [6.45, 7) is 6.91. The predicted octanol–water partition coefficient (Wildman–Crippen LogP) is -9.61. The van der Waals surface area contributed by atoms with E-state index in [4.69, 9.17) is 0 Å². The standard InChI is InChI=1S/5C4H10O2.2C2F6NO4S2.4ClH.3Mg/c5*1-5-3-4-6-2;2*3-1(4,5)14(10,11)9-15(12,13)2(6,7)8;;;;;;;/h5*3-4H2,1-2H3;;;4*1H;;;/q;;;;;2*-1;;;;;3*+2/p-4. The average Bonchev–Trinajstić information content (AvgIpc) is 3.09. The number of methoxy groups -OCH3 is 10. The van der Waals surface area contributed by atoms with Gasteiger partial charge in [0.05, 0.1) is 66.1 Å². The van der Waals surface area contributed by atoms with Crippen LogP contribution in [0.25, 0.3) is 8.25 Å². The summed E-state index contributed by atoms with van der Waals surface area (Å²) in [6, 6.07) is 0. The molecule has 0 rings (SSSR count). The Morgan fingerprint density at radius 3 is 0.388 bits per heavy atom. The number of hydrogen-bond acceptors (Lipinski definition) is 18. The van der Waals surface area contributed by atoms with Gasteiger partial charge in [0.2, 0.25) is 0 Å². The first-order valence-electron chi connectivity index (χ1n) is 14.6. The molecule has 0 N–H and O–H groups in total. The van der Waals surface area contributed by atoms with Crippen LogP contribution in [0.15, 0.2) is 0 Å². The minimum absolute atomic E-state index is 0. The summed E-state index contributed by atoms with van der Waals surface area (Å²) in [5, 5.41) is 0. The summed E-state index contributed by atoms with van der Waals surface area (Å²) < 4.78 is 265. The van der Waals surface area contributed by atoms with Gasteiger partial charge in [-0.15, -0.1) is 0 Å². The molecule has 406 valence electrons. The average molecular weight is 1230 g/mol. The number of sulfonamides is 4. The van der Waals surface area contributed by atoms with Crippen molar-refractivity contribution in [1.82, 2.24) is 0 Å². The minimum atomic E-state index is -6.72. The topological polar surface area (TPSA) is 257 Å². The molecule has 67 heavy (non-hydrogen) atoms. The molecular formula is C24H50Cl4F12Mg3N2O18S4. The molecule has 0 saturated heterocycles. The van der Waals surface area contributed by atoms with Crippen molar-refractivity contribution in [3.8, 4) is 0 Å². The molecule has 0 aromatic carbocycles. The Hall–Kier alpha value is 1.94. The zero-order chi connectivity index (χ0) is 49.6. The molecule has 0 bridgehead atoms. The molecule has 0 fully saturated rings. The fourth-order valence-corrected chi connectivity index (χ4v) is 4.68. The molecule has 43 heteroatoms. The number of ether oxygens (including phenoxy) is 10. The quantitative estimate of drug-likeness (QED) is 0.0661. The number of rotatable bonds is 19. The molecular weight excluding hydrogens is 1180 g/mol. The molecule has 0 aliphatic carbocycles. The molecule has 0 aliphatic rings. The summed E-state index contributed by atoms with van der Waals surface area (Å²) in [6.07, 6.45) is 0. The number of hydrogen-bond donors (Lipinski definition) is 0. The van der Waals surface area contributed by atoms with E-state index in [0.717, 1.165) is 8.25 Å². The van der Waals surface area contributed by atoms with Crippen LogP contribution >= 0.6 is 0 Å². The predicted molar refractivity (Wildman–Crippen MR) is 203 cm³/mol. The van der Waals surface area contributed by atoms with E-state index in [2.05, 4.69) is 47.4 Å². The molecule has 0 aromatic rings.